The molecule has 1 aromatic heterocycles. The second-order valence-corrected chi connectivity index (χ2v) is 11.1. The minimum Gasteiger partial charge on any atom is -0.457 e. The van der Waals surface area contributed by atoms with Gasteiger partial charge in [0.25, 0.3) is 6.20 Å². The molecule has 7 rings (SSSR count). The molecule has 0 atom stereocenters. The molecule has 0 bridgehead atoms. The Balaban J connectivity index is 1.09. The molecule has 1 saturated heterocycles. The van der Waals surface area contributed by atoms with Crippen molar-refractivity contribution in [1.29, 1.82) is 0 Å². The zero-order valence-corrected chi connectivity index (χ0v) is 24.8. The molecule has 0 saturated carbocycles. The van der Waals surface area contributed by atoms with Crippen molar-refractivity contribution >= 4 is 17.4 Å². The van der Waals surface area contributed by atoms with Gasteiger partial charge in [0, 0.05) is 42.7 Å². The fraction of sp³-hybridized carbons (Fsp3) is 0.158. The van der Waals surface area contributed by atoms with E-state index in [1.54, 1.807) is 0 Å². The number of aromatic nitrogens is 1. The van der Waals surface area contributed by atoms with Crippen molar-refractivity contribution in [3.05, 3.63) is 128 Å². The maximum atomic E-state index is 6.33. The number of ether oxygens (including phenoxy) is 2. The third-order valence-electron chi connectivity index (χ3n) is 7.87. The summed E-state index contributed by atoms with van der Waals surface area (Å²) in [4.78, 5) is 7.13. The molecule has 5 aromatic rings. The number of nitrogens with zero attached hydrogens (tertiary/aromatic N) is 4. The third-order valence-corrected chi connectivity index (χ3v) is 7.87. The van der Waals surface area contributed by atoms with E-state index in [1.165, 1.54) is 24.9 Å². The Hall–Kier alpha value is -5.45. The molecule has 4 aromatic carbocycles. The van der Waals surface area contributed by atoms with Gasteiger partial charge in [0.1, 0.15) is 23.0 Å². The van der Waals surface area contributed by atoms with Crippen LogP contribution in [0.2, 0.25) is 0 Å². The van der Waals surface area contributed by atoms with Crippen molar-refractivity contribution in [2.75, 3.05) is 25.0 Å². The minimum atomic E-state index is 0.746. The van der Waals surface area contributed by atoms with Gasteiger partial charge >= 0.3 is 6.01 Å². The van der Waals surface area contributed by atoms with Crippen LogP contribution in [0.4, 0.5) is 11.4 Å². The van der Waals surface area contributed by atoms with Crippen molar-refractivity contribution in [2.24, 2.45) is 0 Å². The SMILES string of the molecule is C[N+]1=C=[N+](c2cccc(Oc3cccc(-c4cc(-c5cccc(Oc6cccc(N7CCCCC7)c6)c5)ccn4)c3)c2)C=C1. The fourth-order valence-corrected chi connectivity index (χ4v) is 5.64. The topological polar surface area (TPSA) is 40.6 Å². The highest BCUT2D eigenvalue weighted by molar-refractivity contribution is 5.72. The fourth-order valence-electron chi connectivity index (χ4n) is 5.64. The molecule has 6 heteroatoms. The average Bonchev–Trinajstić information content (AvgIpc) is 3.52. The second-order valence-electron chi connectivity index (χ2n) is 11.1. The number of hydrogen-bond acceptors (Lipinski definition) is 4. The van der Waals surface area contributed by atoms with Crippen molar-refractivity contribution < 1.29 is 18.6 Å². The van der Waals surface area contributed by atoms with Crippen LogP contribution in [0.1, 0.15) is 19.3 Å². The minimum absolute atomic E-state index is 0.746. The van der Waals surface area contributed by atoms with Crippen LogP contribution >= 0.6 is 0 Å². The van der Waals surface area contributed by atoms with Gasteiger partial charge in [0.15, 0.2) is 7.05 Å². The molecule has 0 aliphatic carbocycles. The Labute approximate surface area is 258 Å². The summed E-state index contributed by atoms with van der Waals surface area (Å²) in [5.74, 6) is 3.16. The van der Waals surface area contributed by atoms with Crippen molar-refractivity contribution in [2.45, 2.75) is 19.3 Å². The number of rotatable bonds is 8. The molecule has 0 radical (unpaired) electrons. The molecule has 3 heterocycles. The lowest BCUT2D eigenvalue weighted by molar-refractivity contribution is -0.429. The van der Waals surface area contributed by atoms with Crippen LogP contribution < -0.4 is 14.4 Å². The molecule has 0 spiro atoms. The molecule has 216 valence electrons. The van der Waals surface area contributed by atoms with Crippen LogP contribution in [0, 0.1) is 0 Å². The number of hydrogen-bond donors (Lipinski definition) is 0. The lowest BCUT2D eigenvalue weighted by atomic mass is 10.0. The van der Waals surface area contributed by atoms with Gasteiger partial charge in [-0.05, 0) is 85.0 Å². The summed E-state index contributed by atoms with van der Waals surface area (Å²) in [6.45, 7) is 2.22. The van der Waals surface area contributed by atoms with Gasteiger partial charge in [-0.1, -0.05) is 45.5 Å². The highest BCUT2D eigenvalue weighted by Gasteiger charge is 2.17. The quantitative estimate of drug-likeness (QED) is 0.172. The smallest absolute Gasteiger partial charge is 0.457 e. The van der Waals surface area contributed by atoms with Gasteiger partial charge in [0.2, 0.25) is 11.9 Å². The molecule has 0 amide bonds. The van der Waals surface area contributed by atoms with Gasteiger partial charge < -0.3 is 14.4 Å². The standard InChI is InChI=1S/C38H34N4O2/c1-40-21-22-42(28-40)33-12-8-16-37(27-33)44-35-14-6-10-31(24-35)38-25-30(17-18-39-38)29-9-5-13-34(23-29)43-36-15-7-11-32(26-36)41-19-3-2-4-20-41/h5-18,21-27H,2-4,19-20H2,1H3/q+2. The van der Waals surface area contributed by atoms with Gasteiger partial charge in [-0.3, -0.25) is 4.98 Å². The number of anilines is 1. The Bertz CT molecular complexity index is 1920. The van der Waals surface area contributed by atoms with E-state index in [4.69, 9.17) is 9.47 Å². The maximum absolute atomic E-state index is 6.33. The molecule has 0 unspecified atom stereocenters. The normalized spacial score (nSPS) is 14.2. The largest absolute Gasteiger partial charge is 0.495 e. The monoisotopic (exact) mass is 578 g/mol. The Morgan fingerprint density at radius 2 is 1.27 bits per heavy atom. The lowest BCUT2D eigenvalue weighted by Gasteiger charge is -2.29. The average molecular weight is 579 g/mol. The Morgan fingerprint density at radius 1 is 0.636 bits per heavy atom. The molecule has 1 fully saturated rings. The van der Waals surface area contributed by atoms with Gasteiger partial charge in [-0.2, -0.15) is 0 Å². The van der Waals surface area contributed by atoms with E-state index in [0.29, 0.717) is 0 Å². The van der Waals surface area contributed by atoms with Crippen molar-refractivity contribution in [3.63, 3.8) is 0 Å². The first-order valence-electron chi connectivity index (χ1n) is 15.1. The van der Waals surface area contributed by atoms with Crippen LogP contribution in [0.3, 0.4) is 0 Å². The van der Waals surface area contributed by atoms with Crippen LogP contribution in [0.5, 0.6) is 23.0 Å². The van der Waals surface area contributed by atoms with Crippen molar-refractivity contribution in [1.82, 2.24) is 4.98 Å². The summed E-state index contributed by atoms with van der Waals surface area (Å²) >= 11 is 0. The summed E-state index contributed by atoms with van der Waals surface area (Å²) in [7, 11) is 1.95. The highest BCUT2D eigenvalue weighted by atomic mass is 16.5. The van der Waals surface area contributed by atoms with E-state index < -0.39 is 0 Å². The highest BCUT2D eigenvalue weighted by Crippen LogP contribution is 2.33. The maximum Gasteiger partial charge on any atom is 0.495 e. The van der Waals surface area contributed by atoms with E-state index in [-0.39, 0.29) is 0 Å². The third kappa shape index (κ3) is 6.31. The molecule has 44 heavy (non-hydrogen) atoms. The predicted molar refractivity (Wildman–Crippen MR) is 174 cm³/mol. The van der Waals surface area contributed by atoms with E-state index in [2.05, 4.69) is 58.4 Å². The van der Waals surface area contributed by atoms with Gasteiger partial charge in [-0.25, -0.2) is 0 Å². The molecular formula is C38H34N4O2+2. The van der Waals surface area contributed by atoms with Gasteiger partial charge in [-0.15, -0.1) is 0 Å². The predicted octanol–water partition coefficient (Wildman–Crippen LogP) is 8.94. The summed E-state index contributed by atoms with van der Waals surface area (Å²) in [5.41, 5.74) is 6.19. The lowest BCUT2D eigenvalue weighted by Crippen LogP contribution is -2.29. The molecule has 2 aliphatic rings. The number of pyridine rings is 1. The van der Waals surface area contributed by atoms with E-state index in [0.717, 1.165) is 64.2 Å². The zero-order valence-electron chi connectivity index (χ0n) is 24.8. The number of benzene rings is 4. The zero-order chi connectivity index (χ0) is 29.7. The summed E-state index contributed by atoms with van der Waals surface area (Å²) in [6.07, 6.45) is 9.59. The first-order valence-corrected chi connectivity index (χ1v) is 15.1. The molecule has 2 aliphatic heterocycles. The van der Waals surface area contributed by atoms with Crippen LogP contribution in [-0.2, 0) is 0 Å². The second kappa shape index (κ2) is 12.4. The van der Waals surface area contributed by atoms with Crippen molar-refractivity contribution in [3.8, 4) is 45.4 Å². The summed E-state index contributed by atoms with van der Waals surface area (Å²) in [5, 5.41) is 0. The Kier molecular flexibility index (Phi) is 7.73. The van der Waals surface area contributed by atoms with E-state index in [9.17, 15) is 0 Å². The molecular weight excluding hydrogens is 544 g/mol. The summed E-state index contributed by atoms with van der Waals surface area (Å²) in [6, 6.07) is 40.0. The summed E-state index contributed by atoms with van der Waals surface area (Å²) < 4.78 is 16.4. The van der Waals surface area contributed by atoms with Crippen LogP contribution in [0.25, 0.3) is 22.4 Å². The first-order chi connectivity index (χ1) is 21.7. The number of piperidine rings is 1. The van der Waals surface area contributed by atoms with Crippen LogP contribution in [0.15, 0.2) is 128 Å². The van der Waals surface area contributed by atoms with Gasteiger partial charge in [0.05, 0.1) is 11.8 Å². The van der Waals surface area contributed by atoms with E-state index in [1.807, 2.05) is 102 Å². The molecule has 6 nitrogen and oxygen atoms in total. The first kappa shape index (κ1) is 27.4. The van der Waals surface area contributed by atoms with E-state index >= 15 is 0 Å². The van der Waals surface area contributed by atoms with Crippen LogP contribution in [-0.4, -0.2) is 40.3 Å². The Morgan fingerprint density at radius 3 is 2.02 bits per heavy atom. The molecule has 0 N–H and O–H groups in total.